The van der Waals surface area contributed by atoms with Crippen LogP contribution in [0, 0.1) is 0 Å². The number of hydrogen-bond acceptors (Lipinski definition) is 5. The van der Waals surface area contributed by atoms with Crippen LogP contribution in [0.25, 0.3) is 0 Å². The van der Waals surface area contributed by atoms with Crippen LogP contribution >= 0.6 is 11.3 Å². The van der Waals surface area contributed by atoms with E-state index in [-0.39, 0.29) is 5.91 Å². The predicted octanol–water partition coefficient (Wildman–Crippen LogP) is 1.84. The van der Waals surface area contributed by atoms with Crippen LogP contribution in [0.5, 0.6) is 0 Å². The number of amides is 1. The van der Waals surface area contributed by atoms with Gasteiger partial charge in [0.1, 0.15) is 16.5 Å². The molecule has 0 saturated carbocycles. The van der Waals surface area contributed by atoms with E-state index in [0.717, 1.165) is 43.2 Å². The van der Waals surface area contributed by atoms with Gasteiger partial charge < -0.3 is 15.2 Å². The first-order chi connectivity index (χ1) is 10.7. The molecule has 1 aliphatic rings. The Kier molecular flexibility index (Phi) is 4.54. The molecule has 1 aliphatic heterocycles. The Morgan fingerprint density at radius 3 is 3.14 bits per heavy atom. The summed E-state index contributed by atoms with van der Waals surface area (Å²) in [7, 11) is 0. The second-order valence-corrected chi connectivity index (χ2v) is 6.42. The van der Waals surface area contributed by atoms with Crippen molar-refractivity contribution >= 4 is 17.2 Å². The molecular weight excluding hydrogens is 298 g/mol. The second-order valence-electron chi connectivity index (χ2n) is 5.48. The molecule has 7 heteroatoms. The van der Waals surface area contributed by atoms with Gasteiger partial charge in [0, 0.05) is 43.8 Å². The summed E-state index contributed by atoms with van der Waals surface area (Å²) in [5, 5.41) is 2.61. The summed E-state index contributed by atoms with van der Waals surface area (Å²) in [6.07, 6.45) is 6.85. The Labute approximate surface area is 134 Å². The number of imidazole rings is 1. The van der Waals surface area contributed by atoms with E-state index in [9.17, 15) is 4.79 Å². The van der Waals surface area contributed by atoms with Crippen LogP contribution in [0.15, 0.2) is 17.8 Å². The molecule has 0 spiro atoms. The van der Waals surface area contributed by atoms with E-state index < -0.39 is 0 Å². The summed E-state index contributed by atoms with van der Waals surface area (Å²) in [6.45, 7) is 4.00. The minimum absolute atomic E-state index is 0.0128. The molecule has 0 aromatic carbocycles. The van der Waals surface area contributed by atoms with Gasteiger partial charge in [0.15, 0.2) is 0 Å². The highest BCUT2D eigenvalue weighted by molar-refractivity contribution is 7.09. The minimum Gasteiger partial charge on any atom is -0.335 e. The van der Waals surface area contributed by atoms with Gasteiger partial charge in [0.05, 0.1) is 6.04 Å². The molecule has 1 amide bonds. The smallest absolute Gasteiger partial charge is 0.273 e. The monoisotopic (exact) mass is 319 g/mol. The van der Waals surface area contributed by atoms with Crippen molar-refractivity contribution in [2.75, 3.05) is 13.1 Å². The van der Waals surface area contributed by atoms with Gasteiger partial charge in [-0.1, -0.05) is 6.92 Å². The lowest BCUT2D eigenvalue weighted by atomic mass is 10.0. The Morgan fingerprint density at radius 1 is 1.55 bits per heavy atom. The summed E-state index contributed by atoms with van der Waals surface area (Å²) in [5.74, 6) is 1.09. The molecule has 6 nitrogen and oxygen atoms in total. The average molecular weight is 319 g/mol. The summed E-state index contributed by atoms with van der Waals surface area (Å²) < 4.78 is 2.21. The lowest BCUT2D eigenvalue weighted by Gasteiger charge is -2.33. The molecule has 2 aromatic heterocycles. The molecule has 0 radical (unpaired) electrons. The average Bonchev–Trinajstić information content (AvgIpc) is 3.23. The van der Waals surface area contributed by atoms with Crippen molar-refractivity contribution in [3.63, 3.8) is 0 Å². The van der Waals surface area contributed by atoms with E-state index in [0.29, 0.717) is 18.3 Å². The van der Waals surface area contributed by atoms with Crippen LogP contribution in [-0.4, -0.2) is 38.4 Å². The lowest BCUT2D eigenvalue weighted by molar-refractivity contribution is 0.0672. The van der Waals surface area contributed by atoms with E-state index in [4.69, 9.17) is 5.73 Å². The van der Waals surface area contributed by atoms with Gasteiger partial charge in [0.2, 0.25) is 0 Å². The van der Waals surface area contributed by atoms with Gasteiger partial charge in [-0.25, -0.2) is 9.97 Å². The molecule has 2 aromatic rings. The summed E-state index contributed by atoms with van der Waals surface area (Å²) in [5.41, 5.74) is 6.09. The Balaban J connectivity index is 1.74. The maximum Gasteiger partial charge on any atom is 0.273 e. The zero-order chi connectivity index (χ0) is 15.5. The highest BCUT2D eigenvalue weighted by atomic mass is 32.1. The lowest BCUT2D eigenvalue weighted by Crippen LogP contribution is -2.41. The van der Waals surface area contributed by atoms with E-state index >= 15 is 0 Å². The highest BCUT2D eigenvalue weighted by Crippen LogP contribution is 2.24. The highest BCUT2D eigenvalue weighted by Gasteiger charge is 2.27. The van der Waals surface area contributed by atoms with Crippen LogP contribution in [0.2, 0.25) is 0 Å². The number of hydrogen-bond donors (Lipinski definition) is 1. The SMILES string of the molecule is CCc1nccn1C1CCCN(C(=O)c2csc(CN)n2)C1. The zero-order valence-corrected chi connectivity index (χ0v) is 13.6. The van der Waals surface area contributed by atoms with Crippen molar-refractivity contribution in [3.05, 3.63) is 34.3 Å². The molecule has 22 heavy (non-hydrogen) atoms. The topological polar surface area (TPSA) is 77.0 Å². The third-order valence-electron chi connectivity index (χ3n) is 4.09. The van der Waals surface area contributed by atoms with Gasteiger partial charge in [-0.15, -0.1) is 11.3 Å². The fourth-order valence-corrected chi connectivity index (χ4v) is 3.63. The Bertz CT molecular complexity index is 650. The number of aromatic nitrogens is 3. The van der Waals surface area contributed by atoms with Crippen molar-refractivity contribution in [2.24, 2.45) is 5.73 Å². The zero-order valence-electron chi connectivity index (χ0n) is 12.7. The van der Waals surface area contributed by atoms with Crippen molar-refractivity contribution in [1.29, 1.82) is 0 Å². The molecule has 2 N–H and O–H groups in total. The number of rotatable bonds is 4. The first-order valence-electron chi connectivity index (χ1n) is 7.68. The minimum atomic E-state index is 0.0128. The third kappa shape index (κ3) is 2.91. The maximum atomic E-state index is 12.6. The third-order valence-corrected chi connectivity index (χ3v) is 4.96. The molecule has 1 saturated heterocycles. The second kappa shape index (κ2) is 6.58. The van der Waals surface area contributed by atoms with E-state index in [1.807, 2.05) is 22.7 Å². The number of thiazole rings is 1. The number of nitrogens with zero attached hydrogens (tertiary/aromatic N) is 4. The van der Waals surface area contributed by atoms with Crippen molar-refractivity contribution in [3.8, 4) is 0 Å². The summed E-state index contributed by atoms with van der Waals surface area (Å²) in [4.78, 5) is 23.2. The van der Waals surface area contributed by atoms with Gasteiger partial charge >= 0.3 is 0 Å². The van der Waals surface area contributed by atoms with E-state index in [2.05, 4.69) is 21.5 Å². The van der Waals surface area contributed by atoms with Crippen molar-refractivity contribution < 1.29 is 4.79 Å². The molecule has 118 valence electrons. The first-order valence-corrected chi connectivity index (χ1v) is 8.56. The fraction of sp³-hybridized carbons (Fsp3) is 0.533. The number of likely N-dealkylation sites (tertiary alicyclic amines) is 1. The fourth-order valence-electron chi connectivity index (χ4n) is 2.98. The molecule has 3 rings (SSSR count). The van der Waals surface area contributed by atoms with Crippen LogP contribution in [0.4, 0.5) is 0 Å². The molecule has 0 bridgehead atoms. The van der Waals surface area contributed by atoms with Gasteiger partial charge in [0.25, 0.3) is 5.91 Å². The molecule has 1 unspecified atom stereocenters. The molecular formula is C15H21N5OS. The Morgan fingerprint density at radius 2 is 2.41 bits per heavy atom. The number of piperidine rings is 1. The first kappa shape index (κ1) is 15.2. The number of carbonyl (C=O) groups is 1. The van der Waals surface area contributed by atoms with E-state index in [1.54, 1.807) is 0 Å². The largest absolute Gasteiger partial charge is 0.335 e. The van der Waals surface area contributed by atoms with E-state index in [1.165, 1.54) is 11.3 Å². The van der Waals surface area contributed by atoms with Gasteiger partial charge in [-0.2, -0.15) is 0 Å². The summed E-state index contributed by atoms with van der Waals surface area (Å²) >= 11 is 1.45. The molecule has 0 aliphatic carbocycles. The standard InChI is InChI=1S/C15H21N5OS/c1-2-13-17-5-7-20(13)11-4-3-6-19(9-11)15(21)12-10-22-14(8-16)18-12/h5,7,10-11H,2-4,6,8-9,16H2,1H3. The number of aryl methyl sites for hydroxylation is 1. The number of carbonyl (C=O) groups excluding carboxylic acids is 1. The van der Waals surface area contributed by atoms with Gasteiger partial charge in [-0.05, 0) is 12.8 Å². The number of nitrogens with two attached hydrogens (primary N) is 1. The summed E-state index contributed by atoms with van der Waals surface area (Å²) in [6, 6.07) is 0.308. The molecule has 1 fully saturated rings. The van der Waals surface area contributed by atoms with Crippen LogP contribution in [0.1, 0.15) is 47.1 Å². The molecule has 3 heterocycles. The Hall–Kier alpha value is -1.73. The van der Waals surface area contributed by atoms with Crippen LogP contribution < -0.4 is 5.73 Å². The normalized spacial score (nSPS) is 18.6. The maximum absolute atomic E-state index is 12.6. The van der Waals surface area contributed by atoms with Crippen molar-refractivity contribution in [1.82, 2.24) is 19.4 Å². The molecule has 1 atom stereocenters. The van der Waals surface area contributed by atoms with Crippen molar-refractivity contribution in [2.45, 2.75) is 38.8 Å². The van der Waals surface area contributed by atoms with Crippen LogP contribution in [-0.2, 0) is 13.0 Å². The quantitative estimate of drug-likeness (QED) is 0.933. The van der Waals surface area contributed by atoms with Gasteiger partial charge in [-0.3, -0.25) is 4.79 Å². The predicted molar refractivity (Wildman–Crippen MR) is 85.8 cm³/mol. The van der Waals surface area contributed by atoms with Crippen LogP contribution in [0.3, 0.4) is 0 Å².